The summed E-state index contributed by atoms with van der Waals surface area (Å²) in [5.41, 5.74) is 0.388. The van der Waals surface area contributed by atoms with Gasteiger partial charge in [-0.25, -0.2) is 4.98 Å². The number of thiophene rings is 1. The van der Waals surface area contributed by atoms with Crippen molar-refractivity contribution in [1.82, 2.24) is 14.9 Å². The first-order valence-corrected chi connectivity index (χ1v) is 8.62. The van der Waals surface area contributed by atoms with Crippen LogP contribution in [0.15, 0.2) is 34.4 Å². The third kappa shape index (κ3) is 2.85. The van der Waals surface area contributed by atoms with E-state index in [0.29, 0.717) is 46.3 Å². The average molecular weight is 357 g/mol. The fraction of sp³-hybridized carbons (Fsp3) is 0.235. The van der Waals surface area contributed by atoms with Crippen molar-refractivity contribution in [2.45, 2.75) is 6.54 Å². The van der Waals surface area contributed by atoms with Gasteiger partial charge in [-0.15, -0.1) is 11.3 Å². The molecule has 0 bridgehead atoms. The summed E-state index contributed by atoms with van der Waals surface area (Å²) in [5, 5.41) is 2.30. The molecule has 1 amide bonds. The highest BCUT2D eigenvalue weighted by molar-refractivity contribution is 7.12. The summed E-state index contributed by atoms with van der Waals surface area (Å²) >= 11 is 1.28. The van der Waals surface area contributed by atoms with E-state index in [1.807, 2.05) is 6.07 Å². The second-order valence-corrected chi connectivity index (χ2v) is 6.53. The highest BCUT2D eigenvalue weighted by Crippen LogP contribution is 2.39. The molecular weight excluding hydrogens is 342 g/mol. The lowest BCUT2D eigenvalue weighted by Crippen LogP contribution is -2.28. The van der Waals surface area contributed by atoms with Gasteiger partial charge in [0.2, 0.25) is 0 Å². The predicted octanol–water partition coefficient (Wildman–Crippen LogP) is 2.03. The van der Waals surface area contributed by atoms with Crippen molar-refractivity contribution in [3.05, 3.63) is 50.7 Å². The van der Waals surface area contributed by atoms with E-state index in [1.165, 1.54) is 16.2 Å². The normalized spacial score (nSPS) is 13.0. The van der Waals surface area contributed by atoms with Crippen LogP contribution in [0.4, 0.5) is 0 Å². The lowest BCUT2D eigenvalue weighted by Gasteiger charge is -2.19. The van der Waals surface area contributed by atoms with Crippen LogP contribution in [0, 0.1) is 0 Å². The maximum absolute atomic E-state index is 12.7. The first-order chi connectivity index (χ1) is 12.1. The van der Waals surface area contributed by atoms with Crippen LogP contribution in [0.25, 0.3) is 10.9 Å². The third-order valence-corrected chi connectivity index (χ3v) is 4.82. The molecule has 128 valence electrons. The van der Waals surface area contributed by atoms with Gasteiger partial charge >= 0.3 is 0 Å². The van der Waals surface area contributed by atoms with Gasteiger partial charge in [-0.3, -0.25) is 9.59 Å². The quantitative estimate of drug-likeness (QED) is 0.775. The Hall–Kier alpha value is -2.87. The summed E-state index contributed by atoms with van der Waals surface area (Å²) in [6.07, 6.45) is 0. The number of aromatic nitrogens is 2. The molecule has 4 rings (SSSR count). The van der Waals surface area contributed by atoms with Crippen molar-refractivity contribution in [2.75, 3.05) is 20.3 Å². The summed E-state index contributed by atoms with van der Waals surface area (Å²) in [4.78, 5) is 34.0. The summed E-state index contributed by atoms with van der Waals surface area (Å²) < 4.78 is 11.0. The third-order valence-electron chi connectivity index (χ3n) is 3.89. The number of amides is 1. The van der Waals surface area contributed by atoms with E-state index in [0.717, 1.165) is 0 Å². The minimum absolute atomic E-state index is 0.187. The van der Waals surface area contributed by atoms with Gasteiger partial charge in [-0.1, -0.05) is 12.1 Å². The van der Waals surface area contributed by atoms with Crippen molar-refractivity contribution >= 4 is 28.1 Å². The number of ether oxygens (including phenoxy) is 2. The average Bonchev–Trinajstić information content (AvgIpc) is 3.05. The van der Waals surface area contributed by atoms with Gasteiger partial charge < -0.3 is 19.4 Å². The summed E-state index contributed by atoms with van der Waals surface area (Å²) in [5.74, 6) is 1.33. The highest BCUT2D eigenvalue weighted by atomic mass is 32.1. The molecular formula is C17H15N3O4S. The van der Waals surface area contributed by atoms with Gasteiger partial charge in [-0.2, -0.15) is 0 Å². The number of fused-ring (bicyclic) bond motifs is 2. The monoisotopic (exact) mass is 357 g/mol. The summed E-state index contributed by atoms with van der Waals surface area (Å²) in [6.45, 7) is 1.09. The molecule has 7 nitrogen and oxygen atoms in total. The molecule has 2 aromatic heterocycles. The van der Waals surface area contributed by atoms with Crippen molar-refractivity contribution in [3.8, 4) is 11.5 Å². The Kier molecular flexibility index (Phi) is 3.89. The first-order valence-electron chi connectivity index (χ1n) is 7.74. The van der Waals surface area contributed by atoms with Crippen LogP contribution in [-0.2, 0) is 6.54 Å². The molecule has 1 aromatic carbocycles. The molecule has 0 radical (unpaired) electrons. The number of aromatic amines is 1. The second-order valence-electron chi connectivity index (χ2n) is 5.65. The number of hydrogen-bond acceptors (Lipinski definition) is 6. The number of carbonyl (C=O) groups excluding carboxylic acids is 1. The van der Waals surface area contributed by atoms with Crippen LogP contribution >= 0.6 is 11.3 Å². The van der Waals surface area contributed by atoms with E-state index in [4.69, 9.17) is 9.47 Å². The minimum atomic E-state index is -0.216. The van der Waals surface area contributed by atoms with Crippen LogP contribution in [0.1, 0.15) is 15.5 Å². The molecule has 0 spiro atoms. The van der Waals surface area contributed by atoms with Crippen molar-refractivity contribution < 1.29 is 14.3 Å². The smallest absolute Gasteiger partial charge is 0.268 e. The fourth-order valence-electron chi connectivity index (χ4n) is 2.69. The fourth-order valence-corrected chi connectivity index (χ4v) is 3.61. The van der Waals surface area contributed by atoms with Gasteiger partial charge in [0.05, 0.1) is 17.4 Å². The topological polar surface area (TPSA) is 84.5 Å². The molecule has 1 aliphatic heterocycles. The molecule has 1 N–H and O–H groups in total. The second kappa shape index (κ2) is 6.21. The summed E-state index contributed by atoms with van der Waals surface area (Å²) in [7, 11) is 1.66. The number of hydrogen-bond donors (Lipinski definition) is 1. The zero-order chi connectivity index (χ0) is 17.4. The van der Waals surface area contributed by atoms with Crippen molar-refractivity contribution in [1.29, 1.82) is 0 Å². The van der Waals surface area contributed by atoms with E-state index in [9.17, 15) is 9.59 Å². The van der Waals surface area contributed by atoms with E-state index in [-0.39, 0.29) is 18.0 Å². The standard InChI is InChI=1S/C17H15N3O4S/c1-20(17(22)15-14-12(9-25-15)23-6-7-24-14)8-13-18-11-5-3-2-4-10(11)16(21)19-13/h2-5,9H,6-8H2,1H3,(H,18,19,21). The van der Waals surface area contributed by atoms with E-state index < -0.39 is 0 Å². The van der Waals surface area contributed by atoms with E-state index >= 15 is 0 Å². The Balaban J connectivity index is 1.59. The molecule has 0 saturated heterocycles. The maximum atomic E-state index is 12.7. The molecule has 0 unspecified atom stereocenters. The molecule has 3 heterocycles. The lowest BCUT2D eigenvalue weighted by atomic mass is 10.2. The molecule has 0 aliphatic carbocycles. The van der Waals surface area contributed by atoms with Crippen LogP contribution in [0.3, 0.4) is 0 Å². The van der Waals surface area contributed by atoms with Crippen molar-refractivity contribution in [2.24, 2.45) is 0 Å². The Morgan fingerprint density at radius 1 is 1.32 bits per heavy atom. The van der Waals surface area contributed by atoms with Gasteiger partial charge in [0.25, 0.3) is 11.5 Å². The van der Waals surface area contributed by atoms with E-state index in [1.54, 1.807) is 30.6 Å². The van der Waals surface area contributed by atoms with Gasteiger partial charge in [0, 0.05) is 12.4 Å². The van der Waals surface area contributed by atoms with Gasteiger partial charge in [-0.05, 0) is 12.1 Å². The SMILES string of the molecule is CN(Cc1nc2ccccc2c(=O)[nH]1)C(=O)c1scc2c1OCCO2. The number of carbonyl (C=O) groups is 1. The molecule has 1 aliphatic rings. The minimum Gasteiger partial charge on any atom is -0.485 e. The molecule has 0 saturated carbocycles. The number of nitrogens with one attached hydrogen (secondary N) is 1. The first kappa shape index (κ1) is 15.6. The molecule has 0 fully saturated rings. The van der Waals surface area contributed by atoms with E-state index in [2.05, 4.69) is 9.97 Å². The largest absolute Gasteiger partial charge is 0.485 e. The van der Waals surface area contributed by atoms with Crippen LogP contribution in [0.5, 0.6) is 11.5 Å². The zero-order valence-corrected chi connectivity index (χ0v) is 14.3. The Bertz CT molecular complexity index is 1010. The summed E-state index contributed by atoms with van der Waals surface area (Å²) in [6, 6.07) is 7.10. The highest BCUT2D eigenvalue weighted by Gasteiger charge is 2.26. The number of rotatable bonds is 3. The van der Waals surface area contributed by atoms with Crippen LogP contribution in [-0.4, -0.2) is 41.0 Å². The number of benzene rings is 1. The molecule has 0 atom stereocenters. The van der Waals surface area contributed by atoms with Crippen molar-refractivity contribution in [3.63, 3.8) is 0 Å². The van der Waals surface area contributed by atoms with Crippen LogP contribution < -0.4 is 15.0 Å². The van der Waals surface area contributed by atoms with Gasteiger partial charge in [0.1, 0.15) is 23.9 Å². The predicted molar refractivity (Wildman–Crippen MR) is 93.5 cm³/mol. The zero-order valence-electron chi connectivity index (χ0n) is 13.4. The molecule has 3 aromatic rings. The van der Waals surface area contributed by atoms with Gasteiger partial charge in [0.15, 0.2) is 11.5 Å². The number of para-hydroxylation sites is 1. The Morgan fingerprint density at radius 2 is 2.12 bits per heavy atom. The molecule has 8 heteroatoms. The Morgan fingerprint density at radius 3 is 3.00 bits per heavy atom. The van der Waals surface area contributed by atoms with Crippen LogP contribution in [0.2, 0.25) is 0 Å². The molecule has 25 heavy (non-hydrogen) atoms. The number of nitrogens with zero attached hydrogens (tertiary/aromatic N) is 2. The Labute approximate surface area is 146 Å². The maximum Gasteiger partial charge on any atom is 0.268 e. The lowest BCUT2D eigenvalue weighted by molar-refractivity contribution is 0.0777. The number of H-pyrrole nitrogens is 1.